The summed E-state index contributed by atoms with van der Waals surface area (Å²) in [7, 11) is 0. The van der Waals surface area contributed by atoms with Crippen LogP contribution >= 0.6 is 11.6 Å². The van der Waals surface area contributed by atoms with Crippen LogP contribution in [0.1, 0.15) is 17.3 Å². The highest BCUT2D eigenvalue weighted by atomic mass is 35.5. The lowest BCUT2D eigenvalue weighted by Gasteiger charge is -2.13. The van der Waals surface area contributed by atoms with Crippen LogP contribution in [0.4, 0.5) is 0 Å². The van der Waals surface area contributed by atoms with Gasteiger partial charge < -0.3 is 5.32 Å². The molecule has 0 radical (unpaired) electrons. The molecule has 0 fully saturated rings. The lowest BCUT2D eigenvalue weighted by atomic mass is 9.94. The van der Waals surface area contributed by atoms with Crippen LogP contribution < -0.4 is 5.32 Å². The molecule has 0 atom stereocenters. The second kappa shape index (κ2) is 6.20. The van der Waals surface area contributed by atoms with E-state index in [2.05, 4.69) is 23.5 Å². The Balaban J connectivity index is 2.27. The first-order chi connectivity index (χ1) is 10.7. The summed E-state index contributed by atoms with van der Waals surface area (Å²) in [5.74, 6) is -0.143. The van der Waals surface area contributed by atoms with Gasteiger partial charge >= 0.3 is 0 Å². The molecule has 0 spiro atoms. The molecular weight excluding hydrogens is 294 g/mol. The molecule has 0 unspecified atom stereocenters. The van der Waals surface area contributed by atoms with E-state index >= 15 is 0 Å². The van der Waals surface area contributed by atoms with Crippen molar-refractivity contribution in [3.63, 3.8) is 0 Å². The zero-order valence-electron chi connectivity index (χ0n) is 12.3. The summed E-state index contributed by atoms with van der Waals surface area (Å²) in [6, 6.07) is 19.8. The van der Waals surface area contributed by atoms with Gasteiger partial charge in [0, 0.05) is 6.54 Å². The highest BCUT2D eigenvalue weighted by Crippen LogP contribution is 2.34. The minimum Gasteiger partial charge on any atom is -0.352 e. The maximum Gasteiger partial charge on any atom is 0.253 e. The molecule has 0 aliphatic carbocycles. The van der Waals surface area contributed by atoms with Gasteiger partial charge in [0.15, 0.2) is 0 Å². The summed E-state index contributed by atoms with van der Waals surface area (Å²) >= 11 is 6.30. The van der Waals surface area contributed by atoms with Crippen molar-refractivity contribution >= 4 is 28.3 Å². The van der Waals surface area contributed by atoms with Crippen LogP contribution in [0.2, 0.25) is 5.02 Å². The quantitative estimate of drug-likeness (QED) is 0.731. The molecule has 0 aliphatic rings. The van der Waals surface area contributed by atoms with E-state index in [0.29, 0.717) is 17.1 Å². The smallest absolute Gasteiger partial charge is 0.253 e. The van der Waals surface area contributed by atoms with Crippen LogP contribution in [0, 0.1) is 0 Å². The summed E-state index contributed by atoms with van der Waals surface area (Å²) in [4.78, 5) is 12.4. The van der Waals surface area contributed by atoms with Crippen molar-refractivity contribution in [2.75, 3.05) is 6.54 Å². The van der Waals surface area contributed by atoms with E-state index < -0.39 is 0 Å². The second-order valence-corrected chi connectivity index (χ2v) is 5.46. The molecule has 0 bridgehead atoms. The van der Waals surface area contributed by atoms with Gasteiger partial charge in [-0.05, 0) is 34.9 Å². The van der Waals surface area contributed by atoms with E-state index in [0.717, 1.165) is 21.9 Å². The number of benzene rings is 3. The van der Waals surface area contributed by atoms with E-state index in [1.165, 1.54) is 0 Å². The Morgan fingerprint density at radius 1 is 0.955 bits per heavy atom. The van der Waals surface area contributed by atoms with Gasteiger partial charge in [-0.1, -0.05) is 66.2 Å². The monoisotopic (exact) mass is 309 g/mol. The van der Waals surface area contributed by atoms with Crippen LogP contribution in [-0.4, -0.2) is 12.5 Å². The van der Waals surface area contributed by atoms with Gasteiger partial charge in [-0.25, -0.2) is 0 Å². The van der Waals surface area contributed by atoms with Gasteiger partial charge in [0.25, 0.3) is 5.91 Å². The topological polar surface area (TPSA) is 29.1 Å². The summed E-state index contributed by atoms with van der Waals surface area (Å²) < 4.78 is 0. The van der Waals surface area contributed by atoms with Crippen molar-refractivity contribution in [3.8, 4) is 11.1 Å². The Hall–Kier alpha value is -2.32. The average Bonchev–Trinajstić information content (AvgIpc) is 2.54. The number of fused-ring (bicyclic) bond motifs is 1. The Morgan fingerprint density at radius 2 is 1.64 bits per heavy atom. The summed E-state index contributed by atoms with van der Waals surface area (Å²) in [5, 5.41) is 5.56. The Bertz CT molecular complexity index is 836. The molecule has 1 N–H and O–H groups in total. The lowest BCUT2D eigenvalue weighted by molar-refractivity contribution is 0.0956. The van der Waals surface area contributed by atoms with Crippen molar-refractivity contribution in [3.05, 3.63) is 71.2 Å². The Morgan fingerprint density at radius 3 is 2.45 bits per heavy atom. The van der Waals surface area contributed by atoms with Gasteiger partial charge in [0.1, 0.15) is 0 Å². The van der Waals surface area contributed by atoms with Crippen molar-refractivity contribution in [1.29, 1.82) is 0 Å². The maximum absolute atomic E-state index is 12.4. The minimum atomic E-state index is -0.143. The van der Waals surface area contributed by atoms with Gasteiger partial charge in [0.05, 0.1) is 10.6 Å². The largest absolute Gasteiger partial charge is 0.352 e. The second-order valence-electron chi connectivity index (χ2n) is 5.05. The summed E-state index contributed by atoms with van der Waals surface area (Å²) in [5.41, 5.74) is 2.40. The highest BCUT2D eigenvalue weighted by molar-refractivity contribution is 6.34. The molecule has 2 nitrogen and oxygen atoms in total. The van der Waals surface area contributed by atoms with Crippen molar-refractivity contribution in [1.82, 2.24) is 5.32 Å². The number of amides is 1. The standard InChI is InChI=1S/C19H16ClNO/c1-2-21-19(22)18-16(11-6-12-17(18)20)15-10-5-8-13-7-3-4-9-14(13)15/h3-12H,2H2,1H3,(H,21,22). The minimum absolute atomic E-state index is 0.143. The Labute approximate surface area is 134 Å². The average molecular weight is 310 g/mol. The number of nitrogens with one attached hydrogen (secondary N) is 1. The number of rotatable bonds is 3. The van der Waals surface area contributed by atoms with Crippen LogP contribution in [0.15, 0.2) is 60.7 Å². The fourth-order valence-electron chi connectivity index (χ4n) is 2.69. The molecule has 0 saturated heterocycles. The third-order valence-electron chi connectivity index (χ3n) is 3.66. The van der Waals surface area contributed by atoms with Crippen LogP contribution in [0.25, 0.3) is 21.9 Å². The molecule has 0 heterocycles. The van der Waals surface area contributed by atoms with Crippen LogP contribution in [0.3, 0.4) is 0 Å². The van der Waals surface area contributed by atoms with Gasteiger partial charge in [-0.2, -0.15) is 0 Å². The molecule has 3 aromatic rings. The lowest BCUT2D eigenvalue weighted by Crippen LogP contribution is -2.23. The van der Waals surface area contributed by atoms with E-state index in [-0.39, 0.29) is 5.91 Å². The number of carbonyl (C=O) groups excluding carboxylic acids is 1. The summed E-state index contributed by atoms with van der Waals surface area (Å²) in [6.45, 7) is 2.46. The maximum atomic E-state index is 12.4. The molecule has 3 aromatic carbocycles. The first-order valence-corrected chi connectivity index (χ1v) is 7.65. The number of carbonyl (C=O) groups is 1. The molecule has 0 saturated carbocycles. The zero-order valence-corrected chi connectivity index (χ0v) is 13.0. The number of hydrogen-bond donors (Lipinski definition) is 1. The van der Waals surface area contributed by atoms with Crippen LogP contribution in [0.5, 0.6) is 0 Å². The fraction of sp³-hybridized carbons (Fsp3) is 0.105. The number of hydrogen-bond acceptors (Lipinski definition) is 1. The highest BCUT2D eigenvalue weighted by Gasteiger charge is 2.17. The zero-order chi connectivity index (χ0) is 15.5. The normalized spacial score (nSPS) is 10.6. The van der Waals surface area contributed by atoms with Gasteiger partial charge in [-0.15, -0.1) is 0 Å². The molecule has 22 heavy (non-hydrogen) atoms. The SMILES string of the molecule is CCNC(=O)c1c(Cl)cccc1-c1cccc2ccccc12. The van der Waals surface area contributed by atoms with Gasteiger partial charge in [-0.3, -0.25) is 4.79 Å². The molecule has 3 rings (SSSR count). The van der Waals surface area contributed by atoms with Gasteiger partial charge in [0.2, 0.25) is 0 Å². The predicted octanol–water partition coefficient (Wildman–Crippen LogP) is 4.91. The fourth-order valence-corrected chi connectivity index (χ4v) is 2.95. The third-order valence-corrected chi connectivity index (χ3v) is 3.97. The number of halogens is 1. The summed E-state index contributed by atoms with van der Waals surface area (Å²) in [6.07, 6.45) is 0. The first-order valence-electron chi connectivity index (χ1n) is 7.27. The predicted molar refractivity (Wildman–Crippen MR) is 92.4 cm³/mol. The molecule has 1 amide bonds. The van der Waals surface area contributed by atoms with E-state index in [1.807, 2.05) is 43.3 Å². The van der Waals surface area contributed by atoms with E-state index in [4.69, 9.17) is 11.6 Å². The molecule has 0 aromatic heterocycles. The van der Waals surface area contributed by atoms with E-state index in [1.54, 1.807) is 6.07 Å². The molecule has 110 valence electrons. The third kappa shape index (κ3) is 2.58. The molecular formula is C19H16ClNO. The van der Waals surface area contributed by atoms with Crippen molar-refractivity contribution in [2.45, 2.75) is 6.92 Å². The first kappa shape index (κ1) is 14.6. The van der Waals surface area contributed by atoms with Crippen LogP contribution in [-0.2, 0) is 0 Å². The molecule has 0 aliphatic heterocycles. The van der Waals surface area contributed by atoms with Crippen molar-refractivity contribution in [2.24, 2.45) is 0 Å². The Kier molecular flexibility index (Phi) is 4.12. The molecule has 3 heteroatoms. The van der Waals surface area contributed by atoms with E-state index in [9.17, 15) is 4.79 Å². The van der Waals surface area contributed by atoms with Crippen molar-refractivity contribution < 1.29 is 4.79 Å².